The smallest absolute Gasteiger partial charge is 0.309 e. The third-order valence-electron chi connectivity index (χ3n) is 3.54. The van der Waals surface area contributed by atoms with Gasteiger partial charge in [0.2, 0.25) is 0 Å². The Morgan fingerprint density at radius 2 is 1.57 bits per heavy atom. The molecule has 0 bridgehead atoms. The third-order valence-corrected chi connectivity index (χ3v) is 3.91. The molecule has 0 spiro atoms. The number of benzene rings is 2. The average Bonchev–Trinajstić information content (AvgIpc) is 2.59. The van der Waals surface area contributed by atoms with E-state index in [4.69, 9.17) is 11.6 Å². The van der Waals surface area contributed by atoms with Gasteiger partial charge in [0, 0.05) is 18.1 Å². The van der Waals surface area contributed by atoms with Crippen molar-refractivity contribution in [2.45, 2.75) is 19.4 Å². The van der Waals surface area contributed by atoms with Crippen LogP contribution in [0.5, 0.6) is 0 Å². The zero-order valence-electron chi connectivity index (χ0n) is 12.9. The molecule has 23 heavy (non-hydrogen) atoms. The van der Waals surface area contributed by atoms with Gasteiger partial charge in [-0.2, -0.15) is 0 Å². The van der Waals surface area contributed by atoms with Gasteiger partial charge in [-0.15, -0.1) is 0 Å². The molecule has 0 aliphatic carbocycles. The number of halogens is 1. The van der Waals surface area contributed by atoms with E-state index >= 15 is 0 Å². The molecule has 0 saturated heterocycles. The van der Waals surface area contributed by atoms with Gasteiger partial charge in [-0.05, 0) is 23.1 Å². The molecule has 0 heterocycles. The van der Waals surface area contributed by atoms with Crippen LogP contribution in [0.1, 0.15) is 24.0 Å². The molecule has 0 fully saturated rings. The molecule has 2 N–H and O–H groups in total. The number of hydrogen-bond donors (Lipinski definition) is 2. The van der Waals surface area contributed by atoms with Crippen LogP contribution in [0.2, 0.25) is 5.02 Å². The van der Waals surface area contributed by atoms with Crippen molar-refractivity contribution in [2.24, 2.45) is 0 Å². The summed E-state index contributed by atoms with van der Waals surface area (Å²) < 4.78 is 0. The lowest BCUT2D eigenvalue weighted by Crippen LogP contribution is -2.40. The number of carbonyl (C=O) groups is 2. The zero-order valence-corrected chi connectivity index (χ0v) is 13.6. The van der Waals surface area contributed by atoms with E-state index in [2.05, 4.69) is 10.6 Å². The van der Waals surface area contributed by atoms with E-state index in [0.29, 0.717) is 11.6 Å². The minimum atomic E-state index is -0.662. The van der Waals surface area contributed by atoms with Gasteiger partial charge < -0.3 is 10.6 Å². The van der Waals surface area contributed by atoms with Gasteiger partial charge in [-0.1, -0.05) is 67.1 Å². The summed E-state index contributed by atoms with van der Waals surface area (Å²) in [6, 6.07) is 17.0. The average molecular weight is 331 g/mol. The monoisotopic (exact) mass is 330 g/mol. The Kier molecular flexibility index (Phi) is 6.18. The summed E-state index contributed by atoms with van der Waals surface area (Å²) in [5.41, 5.74) is 1.89. The maximum Gasteiger partial charge on any atom is 0.309 e. The van der Waals surface area contributed by atoms with E-state index in [-0.39, 0.29) is 12.5 Å². The fourth-order valence-electron chi connectivity index (χ4n) is 2.12. The molecule has 1 atom stereocenters. The van der Waals surface area contributed by atoms with Crippen molar-refractivity contribution >= 4 is 23.4 Å². The Bertz CT molecular complexity index is 674. The van der Waals surface area contributed by atoms with Crippen molar-refractivity contribution in [3.63, 3.8) is 0 Å². The normalized spacial score (nSPS) is 11.6. The van der Waals surface area contributed by atoms with Crippen molar-refractivity contribution in [2.75, 3.05) is 6.54 Å². The standard InChI is InChI=1S/C18H19ClN2O2/c1-13(14-7-3-2-4-8-14)11-20-17(22)18(23)21-12-15-9-5-6-10-16(15)19/h2-10,13H,11-12H2,1H3,(H,20,22)(H,21,23)/t13-/m1/s1. The first-order chi connectivity index (χ1) is 11.1. The molecular weight excluding hydrogens is 312 g/mol. The lowest BCUT2D eigenvalue weighted by Gasteiger charge is -2.13. The lowest BCUT2D eigenvalue weighted by molar-refractivity contribution is -0.139. The second kappa shape index (κ2) is 8.34. The van der Waals surface area contributed by atoms with Crippen LogP contribution in [0.15, 0.2) is 54.6 Å². The Morgan fingerprint density at radius 3 is 2.26 bits per heavy atom. The molecule has 120 valence electrons. The maximum absolute atomic E-state index is 11.8. The molecule has 2 amide bonds. The van der Waals surface area contributed by atoms with Crippen LogP contribution in [0.3, 0.4) is 0 Å². The quantitative estimate of drug-likeness (QED) is 0.828. The van der Waals surface area contributed by atoms with Crippen molar-refractivity contribution in [1.82, 2.24) is 10.6 Å². The SMILES string of the molecule is C[C@H](CNC(=O)C(=O)NCc1ccccc1Cl)c1ccccc1. The van der Waals surface area contributed by atoms with Gasteiger partial charge in [0.25, 0.3) is 0 Å². The van der Waals surface area contributed by atoms with Crippen LogP contribution in [0, 0.1) is 0 Å². The summed E-state index contributed by atoms with van der Waals surface area (Å²) in [4.78, 5) is 23.6. The predicted molar refractivity (Wildman–Crippen MR) is 91.2 cm³/mol. The summed E-state index contributed by atoms with van der Waals surface area (Å²) in [7, 11) is 0. The molecular formula is C18H19ClN2O2. The van der Waals surface area contributed by atoms with Gasteiger partial charge >= 0.3 is 11.8 Å². The minimum absolute atomic E-state index is 0.136. The third kappa shape index (κ3) is 5.11. The van der Waals surface area contributed by atoms with Crippen LogP contribution in [0.25, 0.3) is 0 Å². The van der Waals surface area contributed by atoms with E-state index < -0.39 is 11.8 Å². The van der Waals surface area contributed by atoms with Gasteiger partial charge in [0.15, 0.2) is 0 Å². The first-order valence-electron chi connectivity index (χ1n) is 7.42. The summed E-state index contributed by atoms with van der Waals surface area (Å²) in [5.74, 6) is -1.17. The first kappa shape index (κ1) is 17.0. The summed E-state index contributed by atoms with van der Waals surface area (Å²) >= 11 is 6.01. The lowest BCUT2D eigenvalue weighted by atomic mass is 10.0. The second-order valence-electron chi connectivity index (χ2n) is 5.30. The van der Waals surface area contributed by atoms with Crippen LogP contribution in [-0.2, 0) is 16.1 Å². The molecule has 2 rings (SSSR count). The van der Waals surface area contributed by atoms with Crippen molar-refractivity contribution in [1.29, 1.82) is 0 Å². The highest BCUT2D eigenvalue weighted by Gasteiger charge is 2.15. The molecule has 0 aliphatic heterocycles. The number of nitrogens with one attached hydrogen (secondary N) is 2. The Labute approximate surface area is 140 Å². The largest absolute Gasteiger partial charge is 0.347 e. The zero-order chi connectivity index (χ0) is 16.7. The molecule has 0 aliphatic rings. The van der Waals surface area contributed by atoms with E-state index in [1.807, 2.05) is 49.4 Å². The molecule has 4 nitrogen and oxygen atoms in total. The summed E-state index contributed by atoms with van der Waals surface area (Å²) in [6.45, 7) is 2.62. The predicted octanol–water partition coefficient (Wildman–Crippen LogP) is 2.88. The molecule has 0 radical (unpaired) electrons. The highest BCUT2D eigenvalue weighted by atomic mass is 35.5. The topological polar surface area (TPSA) is 58.2 Å². The summed E-state index contributed by atoms with van der Waals surface area (Å²) in [6.07, 6.45) is 0. The van der Waals surface area contributed by atoms with Gasteiger partial charge in [-0.3, -0.25) is 9.59 Å². The van der Waals surface area contributed by atoms with Crippen molar-refractivity contribution < 1.29 is 9.59 Å². The first-order valence-corrected chi connectivity index (χ1v) is 7.80. The molecule has 5 heteroatoms. The fraction of sp³-hybridized carbons (Fsp3) is 0.222. The second-order valence-corrected chi connectivity index (χ2v) is 5.70. The van der Waals surface area contributed by atoms with Crippen LogP contribution in [0.4, 0.5) is 0 Å². The Hall–Kier alpha value is -2.33. The number of hydrogen-bond acceptors (Lipinski definition) is 2. The molecule has 0 unspecified atom stereocenters. The molecule has 2 aromatic rings. The number of rotatable bonds is 5. The Morgan fingerprint density at radius 1 is 0.957 bits per heavy atom. The fourth-order valence-corrected chi connectivity index (χ4v) is 2.33. The highest BCUT2D eigenvalue weighted by Crippen LogP contribution is 2.14. The molecule has 0 saturated carbocycles. The summed E-state index contributed by atoms with van der Waals surface area (Å²) in [5, 5.41) is 5.78. The minimum Gasteiger partial charge on any atom is -0.347 e. The van der Waals surface area contributed by atoms with Gasteiger partial charge in [-0.25, -0.2) is 0 Å². The van der Waals surface area contributed by atoms with Crippen LogP contribution in [-0.4, -0.2) is 18.4 Å². The van der Waals surface area contributed by atoms with E-state index in [1.165, 1.54) is 0 Å². The Balaban J connectivity index is 1.79. The van der Waals surface area contributed by atoms with E-state index in [9.17, 15) is 9.59 Å². The van der Waals surface area contributed by atoms with Crippen molar-refractivity contribution in [3.8, 4) is 0 Å². The number of carbonyl (C=O) groups excluding carboxylic acids is 2. The van der Waals surface area contributed by atoms with Crippen LogP contribution < -0.4 is 10.6 Å². The van der Waals surface area contributed by atoms with E-state index in [1.54, 1.807) is 12.1 Å². The van der Waals surface area contributed by atoms with Crippen LogP contribution >= 0.6 is 11.6 Å². The molecule has 0 aromatic heterocycles. The maximum atomic E-state index is 11.8. The highest BCUT2D eigenvalue weighted by molar-refractivity contribution is 6.35. The van der Waals surface area contributed by atoms with E-state index in [0.717, 1.165) is 11.1 Å². The number of amides is 2. The van der Waals surface area contributed by atoms with Gasteiger partial charge in [0.05, 0.1) is 0 Å². The molecule has 2 aromatic carbocycles. The van der Waals surface area contributed by atoms with Gasteiger partial charge in [0.1, 0.15) is 0 Å². The van der Waals surface area contributed by atoms with Crippen molar-refractivity contribution in [3.05, 3.63) is 70.7 Å².